The fourth-order valence-electron chi connectivity index (χ4n) is 2.32. The molecule has 7 heteroatoms. The Morgan fingerprint density at radius 2 is 2.17 bits per heavy atom. The number of nitrogens with two attached hydrogens (primary N) is 1. The maximum absolute atomic E-state index is 12.0. The van der Waals surface area contributed by atoms with Gasteiger partial charge in [0.2, 0.25) is 0 Å². The highest BCUT2D eigenvalue weighted by atomic mass is 35.5. The van der Waals surface area contributed by atoms with Gasteiger partial charge in [0.1, 0.15) is 15.5 Å². The number of anilines is 1. The number of hydrogen-bond donors (Lipinski definition) is 1. The Kier molecular flexibility index (Phi) is 4.19. The van der Waals surface area contributed by atoms with Crippen LogP contribution in [0.15, 0.2) is 24.3 Å². The third kappa shape index (κ3) is 2.87. The molecule has 23 heavy (non-hydrogen) atoms. The van der Waals surface area contributed by atoms with Crippen molar-refractivity contribution >= 4 is 44.9 Å². The second kappa shape index (κ2) is 6.14. The predicted octanol–water partition coefficient (Wildman–Crippen LogP) is 4.08. The molecule has 5 nitrogen and oxygen atoms in total. The number of aryl methyl sites for hydroxylation is 1. The van der Waals surface area contributed by atoms with E-state index in [9.17, 15) is 4.79 Å². The minimum absolute atomic E-state index is 0.321. The lowest BCUT2D eigenvalue weighted by atomic mass is 10.2. The molecule has 2 heterocycles. The topological polar surface area (TPSA) is 78.1 Å². The van der Waals surface area contributed by atoms with E-state index in [1.54, 1.807) is 19.1 Å². The van der Waals surface area contributed by atoms with E-state index in [-0.39, 0.29) is 5.97 Å². The van der Waals surface area contributed by atoms with Gasteiger partial charge in [-0.25, -0.2) is 14.8 Å². The van der Waals surface area contributed by atoms with Gasteiger partial charge < -0.3 is 10.5 Å². The zero-order valence-corrected chi connectivity index (χ0v) is 14.2. The van der Waals surface area contributed by atoms with Crippen molar-refractivity contribution < 1.29 is 9.53 Å². The van der Waals surface area contributed by atoms with E-state index in [1.165, 1.54) is 11.3 Å². The van der Waals surface area contributed by atoms with E-state index in [0.29, 0.717) is 38.4 Å². The molecule has 2 aromatic heterocycles. The van der Waals surface area contributed by atoms with Gasteiger partial charge in [-0.15, -0.1) is 11.3 Å². The van der Waals surface area contributed by atoms with Crippen molar-refractivity contribution in [2.75, 3.05) is 12.3 Å². The lowest BCUT2D eigenvalue weighted by Crippen LogP contribution is -2.03. The number of carbonyl (C=O) groups is 1. The van der Waals surface area contributed by atoms with Crippen LogP contribution >= 0.6 is 22.9 Å². The number of nitrogens with zero attached hydrogens (tertiary/aromatic N) is 2. The zero-order valence-electron chi connectivity index (χ0n) is 12.6. The monoisotopic (exact) mass is 347 g/mol. The van der Waals surface area contributed by atoms with Crippen molar-refractivity contribution in [3.8, 4) is 11.4 Å². The number of carbonyl (C=O) groups excluding carboxylic acids is 1. The number of thiophene rings is 1. The first-order valence-corrected chi connectivity index (χ1v) is 8.20. The molecule has 0 radical (unpaired) electrons. The predicted molar refractivity (Wildman–Crippen MR) is 93.0 cm³/mol. The molecule has 0 amide bonds. The minimum Gasteiger partial charge on any atom is -0.462 e. The van der Waals surface area contributed by atoms with Crippen LogP contribution < -0.4 is 5.73 Å². The number of halogens is 1. The van der Waals surface area contributed by atoms with Crippen LogP contribution in [0.3, 0.4) is 0 Å². The lowest BCUT2D eigenvalue weighted by Gasteiger charge is -2.04. The SMILES string of the molecule is CCOC(=O)c1sc2nc(-c3cccc(Cl)c3)nc(N)c2c1C. The molecule has 0 atom stereocenters. The first-order chi connectivity index (χ1) is 11.0. The molecule has 1 aromatic carbocycles. The van der Waals surface area contributed by atoms with Crippen LogP contribution in [-0.4, -0.2) is 22.5 Å². The molecule has 0 fully saturated rings. The molecule has 3 rings (SSSR count). The Bertz CT molecular complexity index is 908. The Morgan fingerprint density at radius 1 is 1.39 bits per heavy atom. The second-order valence-corrected chi connectivity index (χ2v) is 6.34. The van der Waals surface area contributed by atoms with Crippen LogP contribution in [0.4, 0.5) is 5.82 Å². The van der Waals surface area contributed by atoms with Gasteiger partial charge in [-0.1, -0.05) is 23.7 Å². The summed E-state index contributed by atoms with van der Waals surface area (Å²) in [6.07, 6.45) is 0. The maximum atomic E-state index is 12.0. The van der Waals surface area contributed by atoms with Crippen molar-refractivity contribution in [1.82, 2.24) is 9.97 Å². The number of nitrogen functional groups attached to an aromatic ring is 1. The lowest BCUT2D eigenvalue weighted by molar-refractivity contribution is 0.0531. The maximum Gasteiger partial charge on any atom is 0.348 e. The summed E-state index contributed by atoms with van der Waals surface area (Å²) in [6.45, 7) is 3.91. The number of ether oxygens (including phenoxy) is 1. The summed E-state index contributed by atoms with van der Waals surface area (Å²) in [4.78, 5) is 22.1. The molecule has 0 spiro atoms. The quantitative estimate of drug-likeness (QED) is 0.722. The van der Waals surface area contributed by atoms with Crippen LogP contribution in [-0.2, 0) is 4.74 Å². The van der Waals surface area contributed by atoms with Crippen LogP contribution in [0.5, 0.6) is 0 Å². The van der Waals surface area contributed by atoms with Crippen LogP contribution in [0.2, 0.25) is 5.02 Å². The average molecular weight is 348 g/mol. The van der Waals surface area contributed by atoms with E-state index < -0.39 is 0 Å². The van der Waals surface area contributed by atoms with E-state index in [0.717, 1.165) is 11.1 Å². The van der Waals surface area contributed by atoms with Crippen molar-refractivity contribution in [3.05, 3.63) is 39.7 Å². The van der Waals surface area contributed by atoms with Gasteiger partial charge in [0, 0.05) is 10.6 Å². The summed E-state index contributed by atoms with van der Waals surface area (Å²) in [6, 6.07) is 7.24. The van der Waals surface area contributed by atoms with Crippen molar-refractivity contribution in [2.24, 2.45) is 0 Å². The highest BCUT2D eigenvalue weighted by Gasteiger charge is 2.20. The standard InChI is InChI=1S/C16H14ClN3O2S/c1-3-22-16(21)12-8(2)11-13(18)19-14(20-15(11)23-12)9-5-4-6-10(17)7-9/h4-7H,3H2,1-2H3,(H2,18,19,20). The largest absolute Gasteiger partial charge is 0.462 e. The molecule has 0 aliphatic rings. The highest BCUT2D eigenvalue weighted by Crippen LogP contribution is 2.34. The van der Waals surface area contributed by atoms with Gasteiger partial charge in [-0.05, 0) is 31.5 Å². The van der Waals surface area contributed by atoms with Crippen molar-refractivity contribution in [2.45, 2.75) is 13.8 Å². The first-order valence-electron chi connectivity index (χ1n) is 7.01. The van der Waals surface area contributed by atoms with Gasteiger partial charge in [-0.2, -0.15) is 0 Å². The molecule has 2 N–H and O–H groups in total. The summed E-state index contributed by atoms with van der Waals surface area (Å²) in [5.41, 5.74) is 7.61. The summed E-state index contributed by atoms with van der Waals surface area (Å²) < 4.78 is 5.07. The molecule has 118 valence electrons. The van der Waals surface area contributed by atoms with Crippen LogP contribution in [0.25, 0.3) is 21.6 Å². The number of esters is 1. The van der Waals surface area contributed by atoms with E-state index >= 15 is 0 Å². The molecule has 0 bridgehead atoms. The summed E-state index contributed by atoms with van der Waals surface area (Å²) in [7, 11) is 0. The van der Waals surface area contributed by atoms with Gasteiger partial charge in [0.05, 0.1) is 12.0 Å². The number of fused-ring (bicyclic) bond motifs is 1. The van der Waals surface area contributed by atoms with Crippen LogP contribution in [0, 0.1) is 6.92 Å². The first kappa shape index (κ1) is 15.7. The Morgan fingerprint density at radius 3 is 2.87 bits per heavy atom. The Hall–Kier alpha value is -2.18. The van der Waals surface area contributed by atoms with Gasteiger partial charge in [-0.3, -0.25) is 0 Å². The van der Waals surface area contributed by atoms with Crippen LogP contribution in [0.1, 0.15) is 22.2 Å². The van der Waals surface area contributed by atoms with Gasteiger partial charge in [0.15, 0.2) is 5.82 Å². The summed E-state index contributed by atoms with van der Waals surface area (Å²) in [5.74, 6) is 0.458. The Labute approximate surface area is 142 Å². The molecular formula is C16H14ClN3O2S. The fourth-order valence-corrected chi connectivity index (χ4v) is 3.59. The molecule has 0 aliphatic carbocycles. The fraction of sp³-hybridized carbons (Fsp3) is 0.188. The zero-order chi connectivity index (χ0) is 16.6. The molecule has 0 unspecified atom stereocenters. The molecule has 0 saturated heterocycles. The average Bonchev–Trinajstić information content (AvgIpc) is 2.85. The number of rotatable bonds is 3. The van der Waals surface area contributed by atoms with Gasteiger partial charge >= 0.3 is 5.97 Å². The smallest absolute Gasteiger partial charge is 0.348 e. The number of aromatic nitrogens is 2. The van der Waals surface area contributed by atoms with E-state index in [2.05, 4.69) is 9.97 Å². The highest BCUT2D eigenvalue weighted by molar-refractivity contribution is 7.20. The summed E-state index contributed by atoms with van der Waals surface area (Å²) in [5, 5.41) is 1.29. The third-order valence-corrected chi connectivity index (χ3v) is 4.76. The van der Waals surface area contributed by atoms with Crippen molar-refractivity contribution in [1.29, 1.82) is 0 Å². The van der Waals surface area contributed by atoms with Gasteiger partial charge in [0.25, 0.3) is 0 Å². The minimum atomic E-state index is -0.364. The number of hydrogen-bond acceptors (Lipinski definition) is 6. The second-order valence-electron chi connectivity index (χ2n) is 4.90. The van der Waals surface area contributed by atoms with Crippen molar-refractivity contribution in [3.63, 3.8) is 0 Å². The molecule has 0 saturated carbocycles. The molecule has 3 aromatic rings. The normalized spacial score (nSPS) is 10.9. The third-order valence-electron chi connectivity index (χ3n) is 3.36. The molecular weight excluding hydrogens is 334 g/mol. The summed E-state index contributed by atoms with van der Waals surface area (Å²) >= 11 is 7.27. The van der Waals surface area contributed by atoms with E-state index in [4.69, 9.17) is 22.1 Å². The van der Waals surface area contributed by atoms with E-state index in [1.807, 2.05) is 19.1 Å². The Balaban J connectivity index is 2.17. The number of benzene rings is 1. The molecule has 0 aliphatic heterocycles.